The molecule has 3 heterocycles. The molecule has 0 atom stereocenters. The van der Waals surface area contributed by atoms with Gasteiger partial charge >= 0.3 is 0 Å². The summed E-state index contributed by atoms with van der Waals surface area (Å²) in [6.45, 7) is 3.07. The monoisotopic (exact) mass is 356 g/mol. The Balaban J connectivity index is 1.48. The Labute approximate surface area is 152 Å². The van der Waals surface area contributed by atoms with Crippen LogP contribution in [0, 0.1) is 0 Å². The number of carbonyl (C=O) groups is 1. The molecule has 2 N–H and O–H groups in total. The van der Waals surface area contributed by atoms with Crippen LogP contribution in [0.25, 0.3) is 0 Å². The van der Waals surface area contributed by atoms with Gasteiger partial charge in [0, 0.05) is 64.6 Å². The van der Waals surface area contributed by atoms with Crippen molar-refractivity contribution in [1.29, 1.82) is 0 Å². The van der Waals surface area contributed by atoms with Crippen molar-refractivity contribution < 1.29 is 4.79 Å². The molecule has 1 fully saturated rings. The van der Waals surface area contributed by atoms with Crippen LogP contribution in [0.4, 0.5) is 11.4 Å². The van der Waals surface area contributed by atoms with Crippen LogP contribution in [0.1, 0.15) is 0 Å². The first kappa shape index (κ1) is 17.7. The fourth-order valence-electron chi connectivity index (χ4n) is 2.86. The summed E-state index contributed by atoms with van der Waals surface area (Å²) >= 11 is 0. The van der Waals surface area contributed by atoms with Crippen LogP contribution in [0.15, 0.2) is 41.9 Å². The third-order valence-electron chi connectivity index (χ3n) is 4.15. The van der Waals surface area contributed by atoms with E-state index in [1.54, 1.807) is 35.2 Å². The van der Waals surface area contributed by atoms with Gasteiger partial charge < -0.3 is 20.4 Å². The first-order valence-corrected chi connectivity index (χ1v) is 8.56. The maximum absolute atomic E-state index is 12.5. The van der Waals surface area contributed by atoms with E-state index in [2.05, 4.69) is 25.7 Å². The van der Waals surface area contributed by atoms with Gasteiger partial charge in [0.15, 0.2) is 5.96 Å². The quantitative estimate of drug-likeness (QED) is 0.450. The molecule has 9 heteroatoms. The minimum atomic E-state index is 0.0436. The number of piperazine rings is 1. The van der Waals surface area contributed by atoms with Crippen molar-refractivity contribution in [2.75, 3.05) is 50.0 Å². The van der Waals surface area contributed by atoms with Crippen LogP contribution >= 0.6 is 0 Å². The number of aromatic nitrogens is 3. The lowest BCUT2D eigenvalue weighted by molar-refractivity contribution is -0.120. The molecular weight excluding hydrogens is 332 g/mol. The second-order valence-electron chi connectivity index (χ2n) is 5.98. The summed E-state index contributed by atoms with van der Waals surface area (Å²) in [7, 11) is 3.58. The van der Waals surface area contributed by atoms with Crippen molar-refractivity contribution in [3.63, 3.8) is 0 Å². The maximum Gasteiger partial charge on any atom is 0.246 e. The standard InChI is InChI=1S/C17H24N8O/c1-18-17(21-8-7-20-14-3-5-19-6-4-14)24-9-10-25(16(26)13-24)15-11-22-23(2)12-15/h3-6,11-12H,7-10,13H2,1-2H3,(H,18,21)(H,19,20). The van der Waals surface area contributed by atoms with Gasteiger partial charge in [0.25, 0.3) is 0 Å². The smallest absolute Gasteiger partial charge is 0.246 e. The van der Waals surface area contributed by atoms with Crippen LogP contribution in [-0.4, -0.2) is 71.3 Å². The van der Waals surface area contributed by atoms with Gasteiger partial charge in [-0.2, -0.15) is 5.10 Å². The van der Waals surface area contributed by atoms with Gasteiger partial charge in [-0.3, -0.25) is 19.5 Å². The number of rotatable bonds is 5. The molecule has 9 nitrogen and oxygen atoms in total. The third kappa shape index (κ3) is 4.29. The Morgan fingerprint density at radius 1 is 1.27 bits per heavy atom. The van der Waals surface area contributed by atoms with Crippen molar-refractivity contribution in [2.45, 2.75) is 0 Å². The van der Waals surface area contributed by atoms with Crippen LogP contribution in [-0.2, 0) is 11.8 Å². The van der Waals surface area contributed by atoms with Crippen molar-refractivity contribution >= 4 is 23.2 Å². The van der Waals surface area contributed by atoms with E-state index in [0.717, 1.165) is 30.4 Å². The highest BCUT2D eigenvalue weighted by Crippen LogP contribution is 2.15. The molecular formula is C17H24N8O. The van der Waals surface area contributed by atoms with Crippen LogP contribution in [0.2, 0.25) is 0 Å². The van der Waals surface area contributed by atoms with Gasteiger partial charge in [0.2, 0.25) is 5.91 Å². The summed E-state index contributed by atoms with van der Waals surface area (Å²) in [5.41, 5.74) is 1.86. The van der Waals surface area contributed by atoms with Gasteiger partial charge in [-0.1, -0.05) is 0 Å². The van der Waals surface area contributed by atoms with Gasteiger partial charge in [-0.05, 0) is 12.1 Å². The number of aliphatic imine (C=N–C) groups is 1. The molecule has 0 aromatic carbocycles. The van der Waals surface area contributed by atoms with E-state index in [9.17, 15) is 4.79 Å². The molecule has 0 saturated carbocycles. The lowest BCUT2D eigenvalue weighted by Crippen LogP contribution is -2.55. The molecule has 1 saturated heterocycles. The summed E-state index contributed by atoms with van der Waals surface area (Å²) in [4.78, 5) is 24.5. The Bertz CT molecular complexity index is 757. The molecule has 2 aromatic rings. The zero-order chi connectivity index (χ0) is 18.4. The van der Waals surface area contributed by atoms with E-state index in [-0.39, 0.29) is 5.91 Å². The number of anilines is 2. The average Bonchev–Trinajstić information content (AvgIpc) is 3.08. The zero-order valence-corrected chi connectivity index (χ0v) is 15.1. The normalized spacial score (nSPS) is 15.3. The van der Waals surface area contributed by atoms with E-state index in [4.69, 9.17) is 0 Å². The zero-order valence-electron chi connectivity index (χ0n) is 15.1. The summed E-state index contributed by atoms with van der Waals surface area (Å²) in [5.74, 6) is 0.780. The molecule has 1 aliphatic rings. The molecule has 0 radical (unpaired) electrons. The number of nitrogens with one attached hydrogen (secondary N) is 2. The second-order valence-corrected chi connectivity index (χ2v) is 5.98. The maximum atomic E-state index is 12.5. The molecule has 1 amide bonds. The first-order valence-electron chi connectivity index (χ1n) is 8.56. The van der Waals surface area contributed by atoms with Crippen LogP contribution in [0.5, 0.6) is 0 Å². The van der Waals surface area contributed by atoms with E-state index in [1.807, 2.05) is 30.3 Å². The van der Waals surface area contributed by atoms with E-state index < -0.39 is 0 Å². The molecule has 0 spiro atoms. The average molecular weight is 356 g/mol. The third-order valence-corrected chi connectivity index (χ3v) is 4.15. The van der Waals surface area contributed by atoms with Gasteiger partial charge in [0.1, 0.15) is 6.54 Å². The first-order chi connectivity index (χ1) is 12.7. The number of carbonyl (C=O) groups excluding carboxylic acids is 1. The fourth-order valence-corrected chi connectivity index (χ4v) is 2.86. The lowest BCUT2D eigenvalue weighted by Gasteiger charge is -2.35. The predicted octanol–water partition coefficient (Wildman–Crippen LogP) is 0.151. The second kappa shape index (κ2) is 8.32. The van der Waals surface area contributed by atoms with Crippen molar-refractivity contribution in [3.05, 3.63) is 36.9 Å². The fraction of sp³-hybridized carbons (Fsp3) is 0.412. The van der Waals surface area contributed by atoms with Crippen LogP contribution in [0.3, 0.4) is 0 Å². The van der Waals surface area contributed by atoms with E-state index >= 15 is 0 Å². The molecule has 0 aliphatic carbocycles. The minimum absolute atomic E-state index is 0.0436. The molecule has 3 rings (SSSR count). The Hall–Kier alpha value is -3.10. The SMILES string of the molecule is CN=C(NCCNc1ccncc1)N1CCN(c2cnn(C)c2)C(=O)C1. The molecule has 26 heavy (non-hydrogen) atoms. The molecule has 2 aromatic heterocycles. The Morgan fingerprint density at radius 3 is 2.73 bits per heavy atom. The Morgan fingerprint density at radius 2 is 2.08 bits per heavy atom. The Kier molecular flexibility index (Phi) is 5.67. The highest BCUT2D eigenvalue weighted by Gasteiger charge is 2.27. The largest absolute Gasteiger partial charge is 0.383 e. The summed E-state index contributed by atoms with van der Waals surface area (Å²) in [5, 5.41) is 10.7. The number of nitrogens with zero attached hydrogens (tertiary/aromatic N) is 6. The highest BCUT2D eigenvalue weighted by molar-refractivity contribution is 5.98. The molecule has 1 aliphatic heterocycles. The number of hydrogen-bond acceptors (Lipinski definition) is 5. The topological polar surface area (TPSA) is 90.7 Å². The molecule has 138 valence electrons. The van der Waals surface area contributed by atoms with E-state index in [0.29, 0.717) is 19.6 Å². The number of hydrogen-bond donors (Lipinski definition) is 2. The van der Waals surface area contributed by atoms with Crippen molar-refractivity contribution in [3.8, 4) is 0 Å². The molecule has 0 bridgehead atoms. The van der Waals surface area contributed by atoms with Crippen molar-refractivity contribution in [2.24, 2.45) is 12.0 Å². The minimum Gasteiger partial charge on any atom is -0.383 e. The summed E-state index contributed by atoms with van der Waals surface area (Å²) < 4.78 is 1.70. The lowest BCUT2D eigenvalue weighted by atomic mass is 10.3. The summed E-state index contributed by atoms with van der Waals surface area (Å²) in [6.07, 6.45) is 7.07. The van der Waals surface area contributed by atoms with Crippen molar-refractivity contribution in [1.82, 2.24) is 25.0 Å². The number of guanidine groups is 1. The number of amides is 1. The number of pyridine rings is 1. The van der Waals surface area contributed by atoms with Gasteiger partial charge in [0.05, 0.1) is 11.9 Å². The molecule has 0 unspecified atom stereocenters. The van der Waals surface area contributed by atoms with Gasteiger partial charge in [-0.15, -0.1) is 0 Å². The highest BCUT2D eigenvalue weighted by atomic mass is 16.2. The predicted molar refractivity (Wildman–Crippen MR) is 101 cm³/mol. The van der Waals surface area contributed by atoms with E-state index in [1.165, 1.54) is 0 Å². The van der Waals surface area contributed by atoms with Gasteiger partial charge in [-0.25, -0.2) is 0 Å². The number of aryl methyl sites for hydroxylation is 1. The summed E-state index contributed by atoms with van der Waals surface area (Å²) in [6, 6.07) is 3.84. The van der Waals surface area contributed by atoms with Crippen LogP contribution < -0.4 is 15.5 Å².